The zero-order chi connectivity index (χ0) is 11.6. The fourth-order valence-corrected chi connectivity index (χ4v) is 1.25. The van der Waals surface area contributed by atoms with Crippen molar-refractivity contribution >= 4 is 11.6 Å². The van der Waals surface area contributed by atoms with E-state index in [0.29, 0.717) is 0 Å². The Hall–Kier alpha value is -0.900. The first-order chi connectivity index (χ1) is 6.80. The number of halogens is 4. The van der Waals surface area contributed by atoms with E-state index < -0.39 is 11.7 Å². The first-order valence-corrected chi connectivity index (χ1v) is 4.72. The molecule has 5 heteroatoms. The van der Waals surface area contributed by atoms with E-state index in [4.69, 9.17) is 16.3 Å². The standard InChI is InChI=1S/C10H10ClF3O/c1-6(2)15-9-4-3-7(5-8(9)11)10(12,13)14/h3-6H,1-2H3. The first kappa shape index (κ1) is 12.2. The quantitative estimate of drug-likeness (QED) is 0.752. The molecular formula is C10H10ClF3O. The third-order valence-corrected chi connectivity index (χ3v) is 1.92. The normalized spacial score (nSPS) is 11.9. The summed E-state index contributed by atoms with van der Waals surface area (Å²) in [6.45, 7) is 3.54. The summed E-state index contributed by atoms with van der Waals surface area (Å²) in [4.78, 5) is 0. The molecule has 84 valence electrons. The molecule has 0 heterocycles. The molecule has 1 aromatic carbocycles. The Labute approximate surface area is 90.8 Å². The number of alkyl halides is 3. The second kappa shape index (κ2) is 4.31. The molecule has 1 aromatic rings. The largest absolute Gasteiger partial charge is 0.489 e. The van der Waals surface area contributed by atoms with Crippen molar-refractivity contribution in [2.75, 3.05) is 0 Å². The maximum atomic E-state index is 12.3. The Morgan fingerprint density at radius 1 is 1.27 bits per heavy atom. The maximum absolute atomic E-state index is 12.3. The van der Waals surface area contributed by atoms with Gasteiger partial charge >= 0.3 is 6.18 Å². The van der Waals surface area contributed by atoms with E-state index in [1.54, 1.807) is 13.8 Å². The van der Waals surface area contributed by atoms with Crippen LogP contribution >= 0.6 is 11.6 Å². The van der Waals surface area contributed by atoms with Gasteiger partial charge in [0.25, 0.3) is 0 Å². The van der Waals surface area contributed by atoms with Crippen molar-refractivity contribution in [1.82, 2.24) is 0 Å². The van der Waals surface area contributed by atoms with E-state index in [1.165, 1.54) is 6.07 Å². The number of rotatable bonds is 2. The highest BCUT2D eigenvalue weighted by atomic mass is 35.5. The SMILES string of the molecule is CC(C)Oc1ccc(C(F)(F)F)cc1Cl. The van der Waals surface area contributed by atoms with Gasteiger partial charge in [-0.05, 0) is 32.0 Å². The molecule has 0 aromatic heterocycles. The van der Waals surface area contributed by atoms with E-state index in [-0.39, 0.29) is 16.9 Å². The van der Waals surface area contributed by atoms with Crippen LogP contribution in [0.25, 0.3) is 0 Å². The molecule has 0 bridgehead atoms. The van der Waals surface area contributed by atoms with Gasteiger partial charge in [-0.2, -0.15) is 13.2 Å². The van der Waals surface area contributed by atoms with Crippen LogP contribution in [0, 0.1) is 0 Å². The van der Waals surface area contributed by atoms with Gasteiger partial charge in [0.15, 0.2) is 0 Å². The summed E-state index contributed by atoms with van der Waals surface area (Å²) in [6.07, 6.45) is -4.50. The summed E-state index contributed by atoms with van der Waals surface area (Å²) in [6, 6.07) is 3.04. The summed E-state index contributed by atoms with van der Waals surface area (Å²) >= 11 is 5.65. The average molecular weight is 239 g/mol. The second-order valence-corrected chi connectivity index (χ2v) is 3.72. The van der Waals surface area contributed by atoms with Crippen molar-refractivity contribution in [2.24, 2.45) is 0 Å². The van der Waals surface area contributed by atoms with Crippen molar-refractivity contribution in [3.63, 3.8) is 0 Å². The fraction of sp³-hybridized carbons (Fsp3) is 0.400. The lowest BCUT2D eigenvalue weighted by molar-refractivity contribution is -0.137. The van der Waals surface area contributed by atoms with Crippen LogP contribution in [0.2, 0.25) is 5.02 Å². The molecule has 0 atom stereocenters. The van der Waals surface area contributed by atoms with Gasteiger partial charge in [0, 0.05) is 0 Å². The molecule has 1 nitrogen and oxygen atoms in total. The van der Waals surface area contributed by atoms with Crippen molar-refractivity contribution in [3.05, 3.63) is 28.8 Å². The highest BCUT2D eigenvalue weighted by molar-refractivity contribution is 6.32. The minimum absolute atomic E-state index is 0.0291. The number of hydrogen-bond acceptors (Lipinski definition) is 1. The van der Waals surface area contributed by atoms with Crippen molar-refractivity contribution in [2.45, 2.75) is 26.1 Å². The predicted octanol–water partition coefficient (Wildman–Crippen LogP) is 4.15. The molecule has 0 saturated heterocycles. The Kier molecular flexibility index (Phi) is 3.50. The Balaban J connectivity index is 2.98. The van der Waals surface area contributed by atoms with Gasteiger partial charge in [0.05, 0.1) is 16.7 Å². The smallest absolute Gasteiger partial charge is 0.416 e. The molecule has 1 rings (SSSR count). The Morgan fingerprint density at radius 3 is 2.27 bits per heavy atom. The van der Waals surface area contributed by atoms with Crippen molar-refractivity contribution < 1.29 is 17.9 Å². The highest BCUT2D eigenvalue weighted by Gasteiger charge is 2.31. The lowest BCUT2D eigenvalue weighted by Crippen LogP contribution is -2.08. The second-order valence-electron chi connectivity index (χ2n) is 3.31. The summed E-state index contributed by atoms with van der Waals surface area (Å²) < 4.78 is 42.0. The maximum Gasteiger partial charge on any atom is 0.416 e. The molecule has 0 radical (unpaired) electrons. The third kappa shape index (κ3) is 3.30. The van der Waals surface area contributed by atoms with Gasteiger partial charge in [-0.25, -0.2) is 0 Å². The molecular weight excluding hydrogens is 229 g/mol. The fourth-order valence-electron chi connectivity index (χ4n) is 1.03. The van der Waals surface area contributed by atoms with Crippen LogP contribution < -0.4 is 4.74 Å². The number of ether oxygens (including phenoxy) is 1. The molecule has 0 unspecified atom stereocenters. The minimum atomic E-state index is -4.37. The zero-order valence-electron chi connectivity index (χ0n) is 8.23. The lowest BCUT2D eigenvalue weighted by Gasteiger charge is -2.13. The Bertz CT molecular complexity index is 347. The van der Waals surface area contributed by atoms with Crippen LogP contribution in [0.4, 0.5) is 13.2 Å². The summed E-state index contributed by atoms with van der Waals surface area (Å²) in [7, 11) is 0. The van der Waals surface area contributed by atoms with Crippen LogP contribution in [0.5, 0.6) is 5.75 Å². The third-order valence-electron chi connectivity index (χ3n) is 1.62. The van der Waals surface area contributed by atoms with Gasteiger partial charge in [-0.15, -0.1) is 0 Å². The van der Waals surface area contributed by atoms with E-state index in [1.807, 2.05) is 0 Å². The molecule has 0 saturated carbocycles. The monoisotopic (exact) mass is 238 g/mol. The topological polar surface area (TPSA) is 9.23 Å². The average Bonchev–Trinajstić information content (AvgIpc) is 2.05. The first-order valence-electron chi connectivity index (χ1n) is 4.34. The molecule has 0 spiro atoms. The van der Waals surface area contributed by atoms with E-state index in [9.17, 15) is 13.2 Å². The van der Waals surface area contributed by atoms with Gasteiger partial charge in [0.1, 0.15) is 5.75 Å². The Morgan fingerprint density at radius 2 is 1.87 bits per heavy atom. The van der Waals surface area contributed by atoms with Crippen molar-refractivity contribution in [3.8, 4) is 5.75 Å². The highest BCUT2D eigenvalue weighted by Crippen LogP contribution is 2.34. The number of benzene rings is 1. The van der Waals surface area contributed by atoms with Crippen LogP contribution in [0.3, 0.4) is 0 Å². The van der Waals surface area contributed by atoms with Crippen LogP contribution in [0.15, 0.2) is 18.2 Å². The zero-order valence-corrected chi connectivity index (χ0v) is 8.99. The predicted molar refractivity (Wildman–Crippen MR) is 52.2 cm³/mol. The lowest BCUT2D eigenvalue weighted by atomic mass is 10.2. The van der Waals surface area contributed by atoms with Gasteiger partial charge in [0.2, 0.25) is 0 Å². The molecule has 0 aliphatic rings. The van der Waals surface area contributed by atoms with Gasteiger partial charge in [-0.1, -0.05) is 11.6 Å². The molecule has 0 aliphatic carbocycles. The molecule has 0 N–H and O–H groups in total. The van der Waals surface area contributed by atoms with E-state index in [0.717, 1.165) is 12.1 Å². The van der Waals surface area contributed by atoms with Gasteiger partial charge < -0.3 is 4.74 Å². The van der Waals surface area contributed by atoms with E-state index in [2.05, 4.69) is 0 Å². The number of hydrogen-bond donors (Lipinski definition) is 0. The minimum Gasteiger partial charge on any atom is -0.489 e. The van der Waals surface area contributed by atoms with Crippen LogP contribution in [-0.4, -0.2) is 6.10 Å². The summed E-state index contributed by atoms with van der Waals surface area (Å²) in [5.41, 5.74) is -0.774. The van der Waals surface area contributed by atoms with Crippen LogP contribution in [-0.2, 0) is 6.18 Å². The molecule has 15 heavy (non-hydrogen) atoms. The van der Waals surface area contributed by atoms with Crippen LogP contribution in [0.1, 0.15) is 19.4 Å². The summed E-state index contributed by atoms with van der Waals surface area (Å²) in [5, 5.41) is -0.0291. The summed E-state index contributed by atoms with van der Waals surface area (Å²) in [5.74, 6) is 0.264. The molecule has 0 amide bonds. The molecule has 0 aliphatic heterocycles. The molecule has 0 fully saturated rings. The van der Waals surface area contributed by atoms with Gasteiger partial charge in [-0.3, -0.25) is 0 Å². The van der Waals surface area contributed by atoms with Crippen molar-refractivity contribution in [1.29, 1.82) is 0 Å². The van der Waals surface area contributed by atoms with E-state index >= 15 is 0 Å².